The summed E-state index contributed by atoms with van der Waals surface area (Å²) in [4.78, 5) is 13.4. The molecule has 3 nitrogen and oxygen atoms in total. The molecule has 0 saturated heterocycles. The summed E-state index contributed by atoms with van der Waals surface area (Å²) < 4.78 is 5.63. The Labute approximate surface area is 141 Å². The average Bonchev–Trinajstić information content (AvgIpc) is 2.57. The number of carbonyl (C=O) groups excluding carboxylic acids is 1. The summed E-state index contributed by atoms with van der Waals surface area (Å²) in [7, 11) is 0. The molecule has 0 radical (unpaired) electrons. The van der Waals surface area contributed by atoms with Crippen molar-refractivity contribution < 1.29 is 9.53 Å². The molecule has 2 aromatic carbocycles. The lowest BCUT2D eigenvalue weighted by molar-refractivity contribution is -0.122. The van der Waals surface area contributed by atoms with E-state index in [1.165, 1.54) is 16.0 Å². The Morgan fingerprint density at radius 3 is 2.83 bits per heavy atom. The first-order valence-corrected chi connectivity index (χ1v) is 8.91. The van der Waals surface area contributed by atoms with Gasteiger partial charge in [0.05, 0.1) is 19.1 Å². The molecule has 0 aromatic heterocycles. The van der Waals surface area contributed by atoms with Gasteiger partial charge in [-0.05, 0) is 37.1 Å². The van der Waals surface area contributed by atoms with Crippen LogP contribution in [-0.2, 0) is 4.79 Å². The Hall–Kier alpha value is -1.94. The maximum atomic E-state index is 12.2. The smallest absolute Gasteiger partial charge is 0.223 e. The predicted octanol–water partition coefficient (Wildman–Crippen LogP) is 4.12. The van der Waals surface area contributed by atoms with Gasteiger partial charge in [0.1, 0.15) is 5.75 Å². The van der Waals surface area contributed by atoms with Gasteiger partial charge in [0.25, 0.3) is 0 Å². The van der Waals surface area contributed by atoms with Crippen molar-refractivity contribution in [2.75, 3.05) is 12.4 Å². The lowest BCUT2D eigenvalue weighted by Crippen LogP contribution is -2.31. The number of hydrogen-bond donors (Lipinski definition) is 1. The highest BCUT2D eigenvalue weighted by Crippen LogP contribution is 2.35. The van der Waals surface area contributed by atoms with Crippen LogP contribution >= 0.6 is 11.8 Å². The number of nitrogens with one attached hydrogen (secondary N) is 1. The number of hydrogen-bond acceptors (Lipinski definition) is 3. The highest BCUT2D eigenvalue weighted by Gasteiger charge is 2.21. The Balaban J connectivity index is 1.49. The number of thioether (sulfide) groups is 1. The molecule has 0 aliphatic carbocycles. The van der Waals surface area contributed by atoms with Crippen LogP contribution in [0, 0.1) is 6.92 Å². The minimum atomic E-state index is 0.0452. The van der Waals surface area contributed by atoms with Gasteiger partial charge in [0.15, 0.2) is 0 Å². The molecule has 1 aliphatic heterocycles. The normalized spacial score (nSPS) is 16.5. The van der Waals surface area contributed by atoms with E-state index in [0.29, 0.717) is 13.0 Å². The second kappa shape index (κ2) is 7.55. The second-order valence-electron chi connectivity index (χ2n) is 5.71. The molecule has 1 amide bonds. The van der Waals surface area contributed by atoms with Crippen LogP contribution in [0.2, 0.25) is 0 Å². The molecule has 0 saturated carbocycles. The van der Waals surface area contributed by atoms with Crippen molar-refractivity contribution in [3.05, 3.63) is 59.7 Å². The van der Waals surface area contributed by atoms with Crippen molar-refractivity contribution >= 4 is 17.7 Å². The summed E-state index contributed by atoms with van der Waals surface area (Å²) in [5.41, 5.74) is 2.43. The largest absolute Gasteiger partial charge is 0.493 e. The topological polar surface area (TPSA) is 38.3 Å². The third-order valence-corrected chi connectivity index (χ3v) is 5.04. The van der Waals surface area contributed by atoms with Gasteiger partial charge >= 0.3 is 0 Å². The van der Waals surface area contributed by atoms with Gasteiger partial charge < -0.3 is 10.1 Å². The first-order chi connectivity index (χ1) is 11.2. The van der Waals surface area contributed by atoms with E-state index in [9.17, 15) is 4.79 Å². The Morgan fingerprint density at radius 1 is 1.22 bits per heavy atom. The molecular formula is C19H21NO2S. The van der Waals surface area contributed by atoms with Gasteiger partial charge in [0, 0.05) is 10.6 Å². The molecule has 23 heavy (non-hydrogen) atoms. The van der Waals surface area contributed by atoms with E-state index < -0.39 is 0 Å². The zero-order valence-corrected chi connectivity index (χ0v) is 14.1. The van der Waals surface area contributed by atoms with Gasteiger partial charge in [-0.15, -0.1) is 11.8 Å². The summed E-state index contributed by atoms with van der Waals surface area (Å²) in [6.45, 7) is 2.44. The fraction of sp³-hybridized carbons (Fsp3) is 0.316. The molecule has 4 heteroatoms. The fourth-order valence-electron chi connectivity index (χ4n) is 2.65. The molecule has 0 spiro atoms. The van der Waals surface area contributed by atoms with Gasteiger partial charge in [-0.1, -0.05) is 35.9 Å². The van der Waals surface area contributed by atoms with Crippen LogP contribution in [-0.4, -0.2) is 18.3 Å². The molecule has 0 bridgehead atoms. The Bertz CT molecular complexity index is 669. The van der Waals surface area contributed by atoms with Crippen LogP contribution in [0.25, 0.3) is 0 Å². The summed E-state index contributed by atoms with van der Waals surface area (Å²) in [5, 5.41) is 3.14. The zero-order chi connectivity index (χ0) is 16.1. The van der Waals surface area contributed by atoms with E-state index in [1.807, 2.05) is 55.1 Å². The summed E-state index contributed by atoms with van der Waals surface area (Å²) >= 11 is 1.86. The quantitative estimate of drug-likeness (QED) is 0.898. The lowest BCUT2D eigenvalue weighted by atomic mass is 10.0. The molecule has 1 N–H and O–H groups in total. The zero-order valence-electron chi connectivity index (χ0n) is 13.2. The second-order valence-corrected chi connectivity index (χ2v) is 6.84. The Morgan fingerprint density at radius 2 is 2.00 bits per heavy atom. The van der Waals surface area contributed by atoms with E-state index in [2.05, 4.69) is 17.4 Å². The minimum absolute atomic E-state index is 0.0452. The predicted molar refractivity (Wildman–Crippen MR) is 94.0 cm³/mol. The van der Waals surface area contributed by atoms with Gasteiger partial charge in [-0.25, -0.2) is 0 Å². The lowest BCUT2D eigenvalue weighted by Gasteiger charge is -2.25. The number of amides is 1. The Kier molecular flexibility index (Phi) is 5.23. The average molecular weight is 327 g/mol. The van der Waals surface area contributed by atoms with Crippen molar-refractivity contribution in [3.63, 3.8) is 0 Å². The molecule has 120 valence electrons. The molecule has 1 aliphatic rings. The maximum absolute atomic E-state index is 12.2. The van der Waals surface area contributed by atoms with Gasteiger partial charge in [0.2, 0.25) is 5.91 Å². The highest BCUT2D eigenvalue weighted by atomic mass is 32.2. The van der Waals surface area contributed by atoms with E-state index in [0.717, 1.165) is 17.9 Å². The van der Waals surface area contributed by atoms with Crippen LogP contribution in [0.3, 0.4) is 0 Å². The SMILES string of the molecule is Cc1ccc(OCCC(=O)N[C@@H]2CCSc3ccccc32)cc1. The van der Waals surface area contributed by atoms with Gasteiger partial charge in [-0.2, -0.15) is 0 Å². The van der Waals surface area contributed by atoms with Crippen LogP contribution in [0.4, 0.5) is 0 Å². The first kappa shape index (κ1) is 15.9. The minimum Gasteiger partial charge on any atom is -0.493 e. The summed E-state index contributed by atoms with van der Waals surface area (Å²) in [6, 6.07) is 16.3. The standard InChI is InChI=1S/C19H21NO2S/c1-14-6-8-15(9-7-14)22-12-10-19(21)20-17-11-13-23-18-5-3-2-4-16(17)18/h2-9,17H,10-13H2,1H3,(H,20,21)/t17-/m1/s1. The van der Waals surface area contributed by atoms with Crippen molar-refractivity contribution in [1.82, 2.24) is 5.32 Å². The highest BCUT2D eigenvalue weighted by molar-refractivity contribution is 7.99. The molecule has 0 fully saturated rings. The first-order valence-electron chi connectivity index (χ1n) is 7.93. The van der Waals surface area contributed by atoms with E-state index >= 15 is 0 Å². The van der Waals surface area contributed by atoms with Crippen LogP contribution in [0.15, 0.2) is 53.4 Å². The van der Waals surface area contributed by atoms with E-state index in [4.69, 9.17) is 4.74 Å². The van der Waals surface area contributed by atoms with Crippen molar-refractivity contribution in [2.24, 2.45) is 0 Å². The van der Waals surface area contributed by atoms with Crippen LogP contribution in [0.5, 0.6) is 5.75 Å². The third kappa shape index (κ3) is 4.29. The van der Waals surface area contributed by atoms with Crippen molar-refractivity contribution in [1.29, 1.82) is 0 Å². The molecular weight excluding hydrogens is 306 g/mol. The number of ether oxygens (including phenoxy) is 1. The van der Waals surface area contributed by atoms with Crippen LogP contribution < -0.4 is 10.1 Å². The molecule has 2 aromatic rings. The summed E-state index contributed by atoms with van der Waals surface area (Å²) in [6.07, 6.45) is 1.35. The molecule has 3 rings (SSSR count). The van der Waals surface area contributed by atoms with E-state index in [1.54, 1.807) is 0 Å². The number of carbonyl (C=O) groups is 1. The number of rotatable bonds is 5. The third-order valence-electron chi connectivity index (χ3n) is 3.91. The van der Waals surface area contributed by atoms with Gasteiger partial charge in [-0.3, -0.25) is 4.79 Å². The molecule has 0 unspecified atom stereocenters. The van der Waals surface area contributed by atoms with E-state index in [-0.39, 0.29) is 11.9 Å². The maximum Gasteiger partial charge on any atom is 0.223 e. The van der Waals surface area contributed by atoms with Crippen molar-refractivity contribution in [3.8, 4) is 5.75 Å². The van der Waals surface area contributed by atoms with Crippen LogP contribution in [0.1, 0.15) is 30.0 Å². The fourth-order valence-corrected chi connectivity index (χ4v) is 3.78. The summed E-state index contributed by atoms with van der Waals surface area (Å²) in [5.74, 6) is 1.90. The number of benzene rings is 2. The number of fused-ring (bicyclic) bond motifs is 1. The number of aryl methyl sites for hydroxylation is 1. The monoisotopic (exact) mass is 327 g/mol. The molecule has 1 atom stereocenters. The van der Waals surface area contributed by atoms with Crippen molar-refractivity contribution in [2.45, 2.75) is 30.7 Å². The molecule has 1 heterocycles.